The van der Waals surface area contributed by atoms with Gasteiger partial charge in [-0.3, -0.25) is 0 Å². The van der Waals surface area contributed by atoms with Crippen molar-refractivity contribution in [3.05, 3.63) is 193 Å². The molecular weight excluding hydrogens is 667 g/mol. The molecule has 0 fully saturated rings. The van der Waals surface area contributed by atoms with E-state index in [4.69, 9.17) is 9.97 Å². The van der Waals surface area contributed by atoms with E-state index in [-0.39, 0.29) is 0 Å². The highest BCUT2D eigenvalue weighted by atomic mass is 15.0. The Balaban J connectivity index is 1.06. The van der Waals surface area contributed by atoms with Gasteiger partial charge < -0.3 is 4.57 Å². The highest BCUT2D eigenvalue weighted by molar-refractivity contribution is 6.22. The second-order valence-electron chi connectivity index (χ2n) is 14.5. The van der Waals surface area contributed by atoms with Crippen LogP contribution in [0.3, 0.4) is 0 Å². The SMILES string of the molecule is C1=Cc2cc(-c3ccc4ccc5c(c4c3)c3ccccc3n5-c3ccc(-c4nc(-c5ccccc5)cc(-c5ccccc5)n4)cc3)c3ccccc3c2CC1. The van der Waals surface area contributed by atoms with Gasteiger partial charge in [-0.2, -0.15) is 0 Å². The van der Waals surface area contributed by atoms with Crippen LogP contribution in [0.2, 0.25) is 0 Å². The highest BCUT2D eigenvalue weighted by Crippen LogP contribution is 2.41. The number of allylic oxidation sites excluding steroid dienone is 1. The second kappa shape index (κ2) is 12.8. The zero-order valence-electron chi connectivity index (χ0n) is 30.2. The molecule has 0 unspecified atom stereocenters. The van der Waals surface area contributed by atoms with Gasteiger partial charge in [-0.05, 0) is 111 Å². The Hall–Kier alpha value is -7.10. The van der Waals surface area contributed by atoms with Crippen LogP contribution >= 0.6 is 0 Å². The van der Waals surface area contributed by atoms with Crippen LogP contribution in [-0.4, -0.2) is 14.5 Å². The molecule has 2 heterocycles. The maximum atomic E-state index is 5.08. The lowest BCUT2D eigenvalue weighted by molar-refractivity contribution is 0.997. The molecule has 258 valence electrons. The largest absolute Gasteiger partial charge is 0.309 e. The van der Waals surface area contributed by atoms with Crippen molar-refractivity contribution in [3.8, 4) is 50.7 Å². The fourth-order valence-corrected chi connectivity index (χ4v) is 8.64. The molecule has 1 aliphatic carbocycles. The van der Waals surface area contributed by atoms with Crippen molar-refractivity contribution in [1.29, 1.82) is 0 Å². The van der Waals surface area contributed by atoms with Gasteiger partial charge in [0.15, 0.2) is 5.82 Å². The van der Waals surface area contributed by atoms with Crippen LogP contribution in [0.5, 0.6) is 0 Å². The lowest BCUT2D eigenvalue weighted by Gasteiger charge is -2.18. The van der Waals surface area contributed by atoms with Gasteiger partial charge in [0.25, 0.3) is 0 Å². The monoisotopic (exact) mass is 701 g/mol. The predicted octanol–water partition coefficient (Wildman–Crippen LogP) is 13.5. The molecule has 2 aromatic heterocycles. The Morgan fingerprint density at radius 2 is 1.09 bits per heavy atom. The Morgan fingerprint density at radius 1 is 0.455 bits per heavy atom. The summed E-state index contributed by atoms with van der Waals surface area (Å²) < 4.78 is 2.40. The number of aryl methyl sites for hydroxylation is 1. The average Bonchev–Trinajstić information content (AvgIpc) is 3.61. The molecule has 0 bridgehead atoms. The van der Waals surface area contributed by atoms with Crippen LogP contribution < -0.4 is 0 Å². The standard InChI is InChI=1S/C52H35N3/c1-3-13-35(14-4-1)47-33-48(36-15-5-2-6-16-36)54-52(53-47)37-25-28-40(29-26-37)55-49-22-12-11-21-44(49)51-46-32-39(24-23-34(46)27-30-50(51)55)45-31-38-17-7-8-18-41(38)42-19-9-10-20-43(42)45/h1-7,9-17,19-33H,8,18H2. The van der Waals surface area contributed by atoms with E-state index in [1.807, 2.05) is 12.1 Å². The predicted molar refractivity (Wildman–Crippen MR) is 230 cm³/mol. The minimum Gasteiger partial charge on any atom is -0.309 e. The van der Waals surface area contributed by atoms with Gasteiger partial charge in [-0.1, -0.05) is 133 Å². The molecule has 8 aromatic carbocycles. The number of rotatable bonds is 5. The summed E-state index contributed by atoms with van der Waals surface area (Å²) in [5.74, 6) is 0.706. The van der Waals surface area contributed by atoms with Crippen molar-refractivity contribution >= 4 is 49.4 Å². The fraction of sp³-hybridized carbons (Fsp3) is 0.0385. The van der Waals surface area contributed by atoms with Crippen molar-refractivity contribution in [2.24, 2.45) is 0 Å². The first-order valence-electron chi connectivity index (χ1n) is 19.0. The van der Waals surface area contributed by atoms with E-state index in [2.05, 4.69) is 181 Å². The van der Waals surface area contributed by atoms with E-state index in [9.17, 15) is 0 Å². The van der Waals surface area contributed by atoms with Crippen molar-refractivity contribution in [2.75, 3.05) is 0 Å². The lowest BCUT2D eigenvalue weighted by Crippen LogP contribution is -1.97. The Bertz CT molecular complexity index is 3060. The first-order chi connectivity index (χ1) is 27.3. The van der Waals surface area contributed by atoms with E-state index in [1.54, 1.807) is 0 Å². The summed E-state index contributed by atoms with van der Waals surface area (Å²) in [4.78, 5) is 10.2. The first kappa shape index (κ1) is 31.4. The number of fused-ring (bicyclic) bond motifs is 8. The lowest BCUT2D eigenvalue weighted by atomic mass is 9.86. The molecule has 10 aromatic rings. The van der Waals surface area contributed by atoms with E-state index in [0.29, 0.717) is 5.82 Å². The maximum absolute atomic E-state index is 5.08. The van der Waals surface area contributed by atoms with Gasteiger partial charge in [0.2, 0.25) is 0 Å². The molecule has 3 heteroatoms. The molecule has 3 nitrogen and oxygen atoms in total. The fourth-order valence-electron chi connectivity index (χ4n) is 8.64. The molecule has 0 spiro atoms. The third-order valence-corrected chi connectivity index (χ3v) is 11.3. The minimum atomic E-state index is 0.706. The Morgan fingerprint density at radius 3 is 1.84 bits per heavy atom. The molecule has 0 atom stereocenters. The molecule has 0 saturated heterocycles. The third-order valence-electron chi connectivity index (χ3n) is 11.3. The number of hydrogen-bond acceptors (Lipinski definition) is 2. The van der Waals surface area contributed by atoms with Crippen LogP contribution in [0.15, 0.2) is 182 Å². The van der Waals surface area contributed by atoms with Crippen LogP contribution in [0.4, 0.5) is 0 Å². The molecule has 55 heavy (non-hydrogen) atoms. The van der Waals surface area contributed by atoms with E-state index < -0.39 is 0 Å². The highest BCUT2D eigenvalue weighted by Gasteiger charge is 2.18. The number of benzene rings is 8. The van der Waals surface area contributed by atoms with Gasteiger partial charge in [0, 0.05) is 33.2 Å². The average molecular weight is 702 g/mol. The summed E-state index contributed by atoms with van der Waals surface area (Å²) >= 11 is 0. The van der Waals surface area contributed by atoms with Gasteiger partial charge in [0.1, 0.15) is 0 Å². The number of nitrogens with zero attached hydrogens (tertiary/aromatic N) is 3. The van der Waals surface area contributed by atoms with E-state index in [0.717, 1.165) is 46.6 Å². The molecule has 0 saturated carbocycles. The molecule has 11 rings (SSSR count). The Labute approximate surface area is 319 Å². The summed E-state index contributed by atoms with van der Waals surface area (Å²) in [6, 6.07) is 63.2. The summed E-state index contributed by atoms with van der Waals surface area (Å²) in [6.45, 7) is 0. The van der Waals surface area contributed by atoms with Crippen LogP contribution in [0.1, 0.15) is 17.5 Å². The second-order valence-corrected chi connectivity index (χ2v) is 14.5. The Kier molecular flexibility index (Phi) is 7.31. The molecule has 1 aliphatic rings. The first-order valence-corrected chi connectivity index (χ1v) is 19.0. The van der Waals surface area contributed by atoms with Crippen LogP contribution in [0.25, 0.3) is 100 Å². The smallest absolute Gasteiger partial charge is 0.160 e. The normalized spacial score (nSPS) is 12.5. The summed E-state index contributed by atoms with van der Waals surface area (Å²) in [7, 11) is 0. The van der Waals surface area contributed by atoms with Gasteiger partial charge in [-0.25, -0.2) is 9.97 Å². The summed E-state index contributed by atoms with van der Waals surface area (Å²) in [6.07, 6.45) is 6.80. The minimum absolute atomic E-state index is 0.706. The quantitative estimate of drug-likeness (QED) is 0.179. The third kappa shape index (κ3) is 5.27. The zero-order chi connectivity index (χ0) is 36.3. The molecular formula is C52H35N3. The number of hydrogen-bond donors (Lipinski definition) is 0. The van der Waals surface area contributed by atoms with Crippen molar-refractivity contribution in [2.45, 2.75) is 12.8 Å². The van der Waals surface area contributed by atoms with Crippen molar-refractivity contribution in [1.82, 2.24) is 14.5 Å². The van der Waals surface area contributed by atoms with Gasteiger partial charge in [0.05, 0.1) is 22.4 Å². The van der Waals surface area contributed by atoms with Gasteiger partial charge in [-0.15, -0.1) is 0 Å². The summed E-state index contributed by atoms with van der Waals surface area (Å²) in [5.41, 5.74) is 13.7. The van der Waals surface area contributed by atoms with Gasteiger partial charge >= 0.3 is 0 Å². The van der Waals surface area contributed by atoms with E-state index >= 15 is 0 Å². The van der Waals surface area contributed by atoms with Crippen LogP contribution in [0, 0.1) is 0 Å². The number of aromatic nitrogens is 3. The summed E-state index contributed by atoms with van der Waals surface area (Å²) in [5, 5.41) is 7.70. The van der Waals surface area contributed by atoms with Crippen molar-refractivity contribution < 1.29 is 0 Å². The number of para-hydroxylation sites is 1. The molecule has 0 radical (unpaired) electrons. The molecule has 0 N–H and O–H groups in total. The maximum Gasteiger partial charge on any atom is 0.160 e. The molecule has 0 amide bonds. The van der Waals surface area contributed by atoms with Crippen molar-refractivity contribution in [3.63, 3.8) is 0 Å². The molecule has 0 aliphatic heterocycles. The topological polar surface area (TPSA) is 30.7 Å². The zero-order valence-corrected chi connectivity index (χ0v) is 30.2. The van der Waals surface area contributed by atoms with E-state index in [1.165, 1.54) is 65.6 Å². The van der Waals surface area contributed by atoms with Crippen LogP contribution in [-0.2, 0) is 6.42 Å².